The zero-order valence-electron chi connectivity index (χ0n) is 18.0. The second kappa shape index (κ2) is 10.1. The minimum atomic E-state index is -3.62. The average Bonchev–Trinajstić information content (AvgIpc) is 2.78. The number of amides is 2. The van der Waals surface area contributed by atoms with Gasteiger partial charge in [-0.1, -0.05) is 17.7 Å². The third kappa shape index (κ3) is 5.46. The molecule has 2 amide bonds. The number of carbonyl (C=O) groups is 3. The summed E-state index contributed by atoms with van der Waals surface area (Å²) in [6.07, 6.45) is 0.642. The molecule has 3 rings (SSSR count). The van der Waals surface area contributed by atoms with Gasteiger partial charge in [-0.05, 0) is 38.8 Å². The SMILES string of the molecule is CCOC(=O)C1=C(COC(=O)C2CCN(S(=O)(=O)c3ccc(C)cc3)CC2)NC(=O)NC1. The molecule has 1 saturated heterocycles. The lowest BCUT2D eigenvalue weighted by Gasteiger charge is -2.30. The van der Waals surface area contributed by atoms with Crippen LogP contribution in [0.15, 0.2) is 40.4 Å². The molecule has 0 saturated carbocycles. The van der Waals surface area contributed by atoms with Gasteiger partial charge < -0.3 is 20.1 Å². The van der Waals surface area contributed by atoms with Crippen molar-refractivity contribution in [2.75, 3.05) is 32.8 Å². The van der Waals surface area contributed by atoms with Crippen molar-refractivity contribution >= 4 is 28.0 Å². The number of benzene rings is 1. The molecule has 0 atom stereocenters. The Morgan fingerprint density at radius 2 is 1.78 bits per heavy atom. The summed E-state index contributed by atoms with van der Waals surface area (Å²) in [5.74, 6) is -1.56. The summed E-state index contributed by atoms with van der Waals surface area (Å²) in [5.41, 5.74) is 1.34. The number of aryl methyl sites for hydroxylation is 1. The van der Waals surface area contributed by atoms with Gasteiger partial charge in [0.25, 0.3) is 0 Å². The Labute approximate surface area is 187 Å². The van der Waals surface area contributed by atoms with Crippen LogP contribution in [-0.2, 0) is 29.1 Å². The predicted octanol–water partition coefficient (Wildman–Crippen LogP) is 1.07. The Bertz CT molecular complexity index is 1010. The molecule has 11 heteroatoms. The highest BCUT2D eigenvalue weighted by molar-refractivity contribution is 7.89. The van der Waals surface area contributed by atoms with Crippen molar-refractivity contribution in [2.45, 2.75) is 31.6 Å². The van der Waals surface area contributed by atoms with Gasteiger partial charge in [-0.2, -0.15) is 4.31 Å². The van der Waals surface area contributed by atoms with E-state index in [2.05, 4.69) is 10.6 Å². The molecule has 0 aromatic heterocycles. The molecule has 10 nitrogen and oxygen atoms in total. The molecule has 2 aliphatic rings. The highest BCUT2D eigenvalue weighted by atomic mass is 32.2. The van der Waals surface area contributed by atoms with Crippen LogP contribution in [0.1, 0.15) is 25.3 Å². The highest BCUT2D eigenvalue weighted by Crippen LogP contribution is 2.25. The highest BCUT2D eigenvalue weighted by Gasteiger charge is 2.33. The number of nitrogens with one attached hydrogen (secondary N) is 2. The van der Waals surface area contributed by atoms with Crippen LogP contribution >= 0.6 is 0 Å². The molecule has 0 spiro atoms. The number of piperidine rings is 1. The second-order valence-electron chi connectivity index (χ2n) is 7.58. The standard InChI is InChI=1S/C21H27N3O7S/c1-3-30-20(26)17-12-22-21(27)23-18(17)13-31-19(25)15-8-10-24(11-9-15)32(28,29)16-6-4-14(2)5-7-16/h4-7,15H,3,8-13H2,1-2H3,(H2,22,23,27). The smallest absolute Gasteiger partial charge is 0.337 e. The summed E-state index contributed by atoms with van der Waals surface area (Å²) in [5, 5.41) is 4.95. The number of rotatable bonds is 7. The zero-order valence-corrected chi connectivity index (χ0v) is 18.9. The normalized spacial score (nSPS) is 18.0. The first-order valence-corrected chi connectivity index (χ1v) is 11.8. The minimum absolute atomic E-state index is 0.0210. The Balaban J connectivity index is 1.58. The Hall–Kier alpha value is -2.92. The number of esters is 2. The van der Waals surface area contributed by atoms with E-state index in [1.165, 1.54) is 4.31 Å². The van der Waals surface area contributed by atoms with E-state index in [9.17, 15) is 22.8 Å². The molecular weight excluding hydrogens is 438 g/mol. The van der Waals surface area contributed by atoms with Gasteiger partial charge in [-0.3, -0.25) is 4.79 Å². The maximum absolute atomic E-state index is 12.8. The van der Waals surface area contributed by atoms with E-state index < -0.39 is 33.9 Å². The van der Waals surface area contributed by atoms with Crippen LogP contribution in [0.3, 0.4) is 0 Å². The molecule has 1 aromatic rings. The van der Waals surface area contributed by atoms with Crippen molar-refractivity contribution in [3.05, 3.63) is 41.1 Å². The molecule has 0 bridgehead atoms. The van der Waals surface area contributed by atoms with E-state index in [4.69, 9.17) is 9.47 Å². The molecular formula is C21H27N3O7S. The van der Waals surface area contributed by atoms with Crippen molar-refractivity contribution in [3.63, 3.8) is 0 Å². The number of urea groups is 1. The van der Waals surface area contributed by atoms with Crippen molar-refractivity contribution in [3.8, 4) is 0 Å². The monoisotopic (exact) mass is 465 g/mol. The largest absolute Gasteiger partial charge is 0.463 e. The molecule has 2 N–H and O–H groups in total. The lowest BCUT2D eigenvalue weighted by molar-refractivity contribution is -0.149. The topological polar surface area (TPSA) is 131 Å². The number of hydrogen-bond acceptors (Lipinski definition) is 7. The maximum atomic E-state index is 12.8. The molecule has 1 aromatic carbocycles. The van der Waals surface area contributed by atoms with Crippen LogP contribution in [-0.4, -0.2) is 63.5 Å². The average molecular weight is 466 g/mol. The quantitative estimate of drug-likeness (QED) is 0.576. The molecule has 2 aliphatic heterocycles. The third-order valence-corrected chi connectivity index (χ3v) is 7.29. The summed E-state index contributed by atoms with van der Waals surface area (Å²) in [4.78, 5) is 36.4. The number of nitrogens with zero attached hydrogens (tertiary/aromatic N) is 1. The molecule has 174 valence electrons. The fourth-order valence-corrected chi connectivity index (χ4v) is 4.99. The van der Waals surface area contributed by atoms with Crippen molar-refractivity contribution in [2.24, 2.45) is 5.92 Å². The lowest BCUT2D eigenvalue weighted by Crippen LogP contribution is -2.45. The number of carbonyl (C=O) groups excluding carboxylic acids is 3. The van der Waals surface area contributed by atoms with Crippen LogP contribution in [0.25, 0.3) is 0 Å². The van der Waals surface area contributed by atoms with Gasteiger partial charge in [0.2, 0.25) is 10.0 Å². The minimum Gasteiger partial charge on any atom is -0.463 e. The molecule has 0 aliphatic carbocycles. The summed E-state index contributed by atoms with van der Waals surface area (Å²) in [6, 6.07) is 6.14. The first-order chi connectivity index (χ1) is 15.2. The van der Waals surface area contributed by atoms with Gasteiger partial charge in [-0.25, -0.2) is 18.0 Å². The Kier molecular flexibility index (Phi) is 7.52. The molecule has 32 heavy (non-hydrogen) atoms. The lowest BCUT2D eigenvalue weighted by atomic mass is 9.98. The van der Waals surface area contributed by atoms with E-state index in [0.717, 1.165) is 5.56 Å². The van der Waals surface area contributed by atoms with Gasteiger partial charge >= 0.3 is 18.0 Å². The second-order valence-corrected chi connectivity index (χ2v) is 9.52. The van der Waals surface area contributed by atoms with Gasteiger partial charge in [-0.15, -0.1) is 0 Å². The first-order valence-electron chi connectivity index (χ1n) is 10.4. The summed E-state index contributed by atoms with van der Waals surface area (Å²) >= 11 is 0. The summed E-state index contributed by atoms with van der Waals surface area (Å²) in [7, 11) is -3.62. The third-order valence-electron chi connectivity index (χ3n) is 5.38. The fraction of sp³-hybridized carbons (Fsp3) is 0.476. The van der Waals surface area contributed by atoms with E-state index in [1.807, 2.05) is 6.92 Å². The fourth-order valence-electron chi connectivity index (χ4n) is 3.52. The zero-order chi connectivity index (χ0) is 23.3. The van der Waals surface area contributed by atoms with Crippen LogP contribution in [0, 0.1) is 12.8 Å². The Morgan fingerprint density at radius 3 is 2.41 bits per heavy atom. The maximum Gasteiger partial charge on any atom is 0.337 e. The van der Waals surface area contributed by atoms with Crippen LogP contribution in [0.5, 0.6) is 0 Å². The summed E-state index contributed by atoms with van der Waals surface area (Å²) in [6.45, 7) is 3.83. The van der Waals surface area contributed by atoms with Gasteiger partial charge in [0, 0.05) is 13.1 Å². The number of ether oxygens (including phenoxy) is 2. The molecule has 2 heterocycles. The van der Waals surface area contributed by atoms with Crippen molar-refractivity contribution in [1.82, 2.24) is 14.9 Å². The molecule has 0 radical (unpaired) electrons. The number of sulfonamides is 1. The Morgan fingerprint density at radius 1 is 1.12 bits per heavy atom. The van der Waals surface area contributed by atoms with E-state index >= 15 is 0 Å². The van der Waals surface area contributed by atoms with E-state index in [-0.39, 0.29) is 49.0 Å². The predicted molar refractivity (Wildman–Crippen MR) is 114 cm³/mol. The van der Waals surface area contributed by atoms with Crippen LogP contribution < -0.4 is 10.6 Å². The first kappa shape index (κ1) is 23.7. The van der Waals surface area contributed by atoms with Crippen molar-refractivity contribution < 1.29 is 32.3 Å². The van der Waals surface area contributed by atoms with E-state index in [1.54, 1.807) is 31.2 Å². The van der Waals surface area contributed by atoms with Crippen molar-refractivity contribution in [1.29, 1.82) is 0 Å². The van der Waals surface area contributed by atoms with E-state index in [0.29, 0.717) is 12.8 Å². The summed E-state index contributed by atoms with van der Waals surface area (Å²) < 4.78 is 37.3. The molecule has 1 fully saturated rings. The van der Waals surface area contributed by atoms with Gasteiger partial charge in [0.1, 0.15) is 6.61 Å². The molecule has 0 unspecified atom stereocenters. The van der Waals surface area contributed by atoms with Crippen LogP contribution in [0.2, 0.25) is 0 Å². The number of hydrogen-bond donors (Lipinski definition) is 2. The van der Waals surface area contributed by atoms with Crippen LogP contribution in [0.4, 0.5) is 4.79 Å². The van der Waals surface area contributed by atoms with Gasteiger partial charge in [0.15, 0.2) is 0 Å². The van der Waals surface area contributed by atoms with Gasteiger partial charge in [0.05, 0.1) is 35.2 Å².